The molecule has 0 aliphatic rings. The van der Waals surface area contributed by atoms with Gasteiger partial charge in [-0.15, -0.1) is 0 Å². The molecule has 2 heterocycles. The second-order valence-electron chi connectivity index (χ2n) is 2.38. The van der Waals surface area contributed by atoms with Gasteiger partial charge in [0.05, 0.1) is 24.4 Å². The van der Waals surface area contributed by atoms with Crippen molar-refractivity contribution in [3.8, 4) is 11.3 Å². The number of aromatic nitrogens is 4. The number of hydrogen-bond donors (Lipinski definition) is 1. The highest BCUT2D eigenvalue weighted by molar-refractivity contribution is 5.55. The van der Waals surface area contributed by atoms with Gasteiger partial charge in [0.25, 0.3) is 0 Å². The monoisotopic (exact) mass is 148 g/mol. The van der Waals surface area contributed by atoms with Gasteiger partial charge < -0.3 is 4.57 Å². The van der Waals surface area contributed by atoms with Crippen molar-refractivity contribution in [3.05, 3.63) is 24.9 Å². The first-order valence-electron chi connectivity index (χ1n) is 3.33. The van der Waals surface area contributed by atoms with E-state index in [9.17, 15) is 0 Å². The van der Waals surface area contributed by atoms with Crippen LogP contribution in [0.3, 0.4) is 0 Å². The molecule has 2 aromatic rings. The Morgan fingerprint density at radius 3 is 2.91 bits per heavy atom. The quantitative estimate of drug-likeness (QED) is 0.650. The predicted octanol–water partition coefficient (Wildman–Crippen LogP) is 0.810. The minimum absolute atomic E-state index is 1.06. The summed E-state index contributed by atoms with van der Waals surface area (Å²) in [6, 6.07) is 0. The fourth-order valence-electron chi connectivity index (χ4n) is 1.03. The van der Waals surface area contributed by atoms with E-state index in [1.807, 2.05) is 24.0 Å². The van der Waals surface area contributed by atoms with Crippen LogP contribution in [-0.2, 0) is 7.05 Å². The van der Waals surface area contributed by atoms with E-state index in [2.05, 4.69) is 15.2 Å². The highest BCUT2D eigenvalue weighted by Crippen LogP contribution is 2.14. The first-order chi connectivity index (χ1) is 5.38. The highest BCUT2D eigenvalue weighted by Gasteiger charge is 2.01. The molecule has 0 aliphatic carbocycles. The zero-order valence-corrected chi connectivity index (χ0v) is 6.15. The van der Waals surface area contributed by atoms with Crippen molar-refractivity contribution in [1.29, 1.82) is 0 Å². The van der Waals surface area contributed by atoms with Crippen LogP contribution in [0, 0.1) is 0 Å². The summed E-state index contributed by atoms with van der Waals surface area (Å²) in [5, 5.41) is 6.61. The summed E-state index contributed by atoms with van der Waals surface area (Å²) in [7, 11) is 1.95. The number of rotatable bonds is 1. The lowest BCUT2D eigenvalue weighted by Gasteiger charge is -1.95. The van der Waals surface area contributed by atoms with Crippen LogP contribution in [0.4, 0.5) is 0 Å². The smallest absolute Gasteiger partial charge is 0.0948 e. The van der Waals surface area contributed by atoms with E-state index in [1.54, 1.807) is 12.5 Å². The largest absolute Gasteiger partial charge is 0.334 e. The number of nitrogens with one attached hydrogen (secondary N) is 1. The molecule has 56 valence electrons. The number of hydrogen-bond acceptors (Lipinski definition) is 2. The van der Waals surface area contributed by atoms with Gasteiger partial charge in [-0.1, -0.05) is 0 Å². The molecule has 0 radical (unpaired) electrons. The van der Waals surface area contributed by atoms with E-state index in [-0.39, 0.29) is 0 Å². The summed E-state index contributed by atoms with van der Waals surface area (Å²) in [6.45, 7) is 0. The SMILES string of the molecule is Cn1cncc1-c1cn[nH]c1. The molecule has 4 nitrogen and oxygen atoms in total. The summed E-state index contributed by atoms with van der Waals surface area (Å²) in [4.78, 5) is 4.00. The molecule has 0 spiro atoms. The topological polar surface area (TPSA) is 46.5 Å². The minimum atomic E-state index is 1.06. The molecule has 0 atom stereocenters. The standard InChI is InChI=1S/C7H8N4/c1-11-5-8-4-7(11)6-2-9-10-3-6/h2-5H,1H3,(H,9,10). The summed E-state index contributed by atoms with van der Waals surface area (Å²) >= 11 is 0. The van der Waals surface area contributed by atoms with Gasteiger partial charge in [0.1, 0.15) is 0 Å². The lowest BCUT2D eigenvalue weighted by Crippen LogP contribution is -1.86. The molecule has 1 N–H and O–H groups in total. The molecule has 0 amide bonds. The third-order valence-corrected chi connectivity index (χ3v) is 1.61. The fourth-order valence-corrected chi connectivity index (χ4v) is 1.03. The zero-order chi connectivity index (χ0) is 7.68. The summed E-state index contributed by atoms with van der Waals surface area (Å²) < 4.78 is 1.95. The van der Waals surface area contributed by atoms with Crippen LogP contribution in [0.1, 0.15) is 0 Å². The second kappa shape index (κ2) is 2.23. The average molecular weight is 148 g/mol. The Bertz CT molecular complexity index is 333. The molecular formula is C7H8N4. The number of nitrogens with zero attached hydrogens (tertiary/aromatic N) is 3. The van der Waals surface area contributed by atoms with Crippen molar-refractivity contribution in [2.75, 3.05) is 0 Å². The first kappa shape index (κ1) is 6.15. The lowest BCUT2D eigenvalue weighted by atomic mass is 10.3. The zero-order valence-electron chi connectivity index (χ0n) is 6.15. The molecule has 0 aliphatic heterocycles. The highest BCUT2D eigenvalue weighted by atomic mass is 15.1. The molecule has 0 aromatic carbocycles. The maximum absolute atomic E-state index is 4.00. The lowest BCUT2D eigenvalue weighted by molar-refractivity contribution is 0.921. The van der Waals surface area contributed by atoms with Crippen LogP contribution in [0.2, 0.25) is 0 Å². The van der Waals surface area contributed by atoms with Gasteiger partial charge in [0, 0.05) is 18.8 Å². The average Bonchev–Trinajstić information content (AvgIpc) is 2.55. The van der Waals surface area contributed by atoms with E-state index in [1.165, 1.54) is 0 Å². The molecule has 0 saturated heterocycles. The van der Waals surface area contributed by atoms with Crippen LogP contribution in [0.15, 0.2) is 24.9 Å². The fraction of sp³-hybridized carbons (Fsp3) is 0.143. The second-order valence-corrected chi connectivity index (χ2v) is 2.38. The molecule has 0 unspecified atom stereocenters. The summed E-state index contributed by atoms with van der Waals surface area (Å²) in [5.41, 5.74) is 2.13. The van der Waals surface area contributed by atoms with Gasteiger partial charge in [-0.3, -0.25) is 5.10 Å². The van der Waals surface area contributed by atoms with Crippen molar-refractivity contribution >= 4 is 0 Å². The molecule has 2 rings (SSSR count). The summed E-state index contributed by atoms with van der Waals surface area (Å²) in [6.07, 6.45) is 7.20. The third kappa shape index (κ3) is 0.920. The third-order valence-electron chi connectivity index (χ3n) is 1.61. The van der Waals surface area contributed by atoms with Crippen molar-refractivity contribution in [1.82, 2.24) is 19.7 Å². The van der Waals surface area contributed by atoms with Crippen LogP contribution >= 0.6 is 0 Å². The van der Waals surface area contributed by atoms with Crippen molar-refractivity contribution in [2.24, 2.45) is 7.05 Å². The van der Waals surface area contributed by atoms with E-state index in [4.69, 9.17) is 0 Å². The molecular weight excluding hydrogens is 140 g/mol. The van der Waals surface area contributed by atoms with E-state index < -0.39 is 0 Å². The van der Waals surface area contributed by atoms with Crippen LogP contribution < -0.4 is 0 Å². The Hall–Kier alpha value is -1.58. The first-order valence-corrected chi connectivity index (χ1v) is 3.33. The molecule has 11 heavy (non-hydrogen) atoms. The van der Waals surface area contributed by atoms with Crippen LogP contribution in [-0.4, -0.2) is 19.7 Å². The number of aromatic amines is 1. The predicted molar refractivity (Wildman–Crippen MR) is 40.8 cm³/mol. The summed E-state index contributed by atoms with van der Waals surface area (Å²) in [5.74, 6) is 0. The van der Waals surface area contributed by atoms with Gasteiger partial charge in [0.15, 0.2) is 0 Å². The molecule has 0 bridgehead atoms. The molecule has 0 saturated carbocycles. The number of H-pyrrole nitrogens is 1. The number of imidazole rings is 1. The Morgan fingerprint density at radius 1 is 1.45 bits per heavy atom. The van der Waals surface area contributed by atoms with Gasteiger partial charge in [0.2, 0.25) is 0 Å². The van der Waals surface area contributed by atoms with Gasteiger partial charge in [-0.2, -0.15) is 5.10 Å². The molecule has 4 heteroatoms. The normalized spacial score (nSPS) is 10.3. The molecule has 0 fully saturated rings. The van der Waals surface area contributed by atoms with Crippen LogP contribution in [0.25, 0.3) is 11.3 Å². The minimum Gasteiger partial charge on any atom is -0.334 e. The van der Waals surface area contributed by atoms with E-state index >= 15 is 0 Å². The van der Waals surface area contributed by atoms with Gasteiger partial charge in [-0.05, 0) is 0 Å². The van der Waals surface area contributed by atoms with Crippen molar-refractivity contribution in [2.45, 2.75) is 0 Å². The molecule has 2 aromatic heterocycles. The Kier molecular flexibility index (Phi) is 1.25. The Morgan fingerprint density at radius 2 is 2.36 bits per heavy atom. The van der Waals surface area contributed by atoms with Gasteiger partial charge >= 0.3 is 0 Å². The van der Waals surface area contributed by atoms with E-state index in [0.29, 0.717) is 0 Å². The van der Waals surface area contributed by atoms with Crippen molar-refractivity contribution < 1.29 is 0 Å². The Labute approximate surface area is 63.9 Å². The maximum Gasteiger partial charge on any atom is 0.0948 e. The number of aryl methyl sites for hydroxylation is 1. The maximum atomic E-state index is 4.00. The Balaban J connectivity index is 2.53. The van der Waals surface area contributed by atoms with Gasteiger partial charge in [-0.25, -0.2) is 4.98 Å². The van der Waals surface area contributed by atoms with E-state index in [0.717, 1.165) is 11.3 Å². The van der Waals surface area contributed by atoms with Crippen LogP contribution in [0.5, 0.6) is 0 Å². The van der Waals surface area contributed by atoms with Crippen molar-refractivity contribution in [3.63, 3.8) is 0 Å².